The van der Waals surface area contributed by atoms with Crippen LogP contribution in [0.1, 0.15) is 18.9 Å². The molecule has 0 aliphatic carbocycles. The third-order valence-corrected chi connectivity index (χ3v) is 2.64. The lowest BCUT2D eigenvalue weighted by atomic mass is 10.1. The number of hydrogen-bond acceptors (Lipinski definition) is 2. The van der Waals surface area contributed by atoms with Crippen LogP contribution < -0.4 is 0 Å². The number of rotatable bonds is 5. The van der Waals surface area contributed by atoms with Crippen LogP contribution in [0.5, 0.6) is 0 Å². The Morgan fingerprint density at radius 3 is 2.62 bits per heavy atom. The average molecular weight is 289 g/mol. The summed E-state index contributed by atoms with van der Waals surface area (Å²) in [5.41, 5.74) is 0.943. The number of carbonyl (C=O) groups excluding carboxylic acids is 1. The van der Waals surface area contributed by atoms with Crippen LogP contribution in [0.15, 0.2) is 28.7 Å². The molecule has 4 heteroatoms. The van der Waals surface area contributed by atoms with Crippen LogP contribution in [0.4, 0.5) is 4.39 Å². The summed E-state index contributed by atoms with van der Waals surface area (Å²) in [6.07, 6.45) is -0.370. The number of carbonyl (C=O) groups is 1. The lowest BCUT2D eigenvalue weighted by Gasteiger charge is -2.08. The minimum atomic E-state index is -0.972. The van der Waals surface area contributed by atoms with Gasteiger partial charge in [0.15, 0.2) is 0 Å². The largest absolute Gasteiger partial charge is 0.466 e. The second-order valence-electron chi connectivity index (χ2n) is 3.56. The molecule has 16 heavy (non-hydrogen) atoms. The number of esters is 1. The summed E-state index contributed by atoms with van der Waals surface area (Å²) in [6.45, 7) is 1.47. The molecule has 0 aliphatic heterocycles. The Hall–Kier alpha value is -0.900. The van der Waals surface area contributed by atoms with Crippen molar-refractivity contribution in [2.45, 2.75) is 25.9 Å². The van der Waals surface area contributed by atoms with Gasteiger partial charge in [0, 0.05) is 24.2 Å². The van der Waals surface area contributed by atoms with E-state index in [1.54, 1.807) is 0 Å². The van der Waals surface area contributed by atoms with Gasteiger partial charge in [-0.3, -0.25) is 4.79 Å². The van der Waals surface area contributed by atoms with E-state index in [-0.39, 0.29) is 19.0 Å². The zero-order chi connectivity index (χ0) is 12.0. The van der Waals surface area contributed by atoms with Gasteiger partial charge in [0.2, 0.25) is 0 Å². The fourth-order valence-electron chi connectivity index (χ4n) is 1.31. The Morgan fingerprint density at radius 2 is 2.06 bits per heavy atom. The first-order valence-electron chi connectivity index (χ1n) is 5.10. The molecule has 1 rings (SSSR count). The normalized spacial score (nSPS) is 12.2. The third kappa shape index (κ3) is 5.26. The van der Waals surface area contributed by atoms with Gasteiger partial charge in [-0.05, 0) is 17.7 Å². The minimum absolute atomic E-state index is 0.146. The fraction of sp³-hybridized carbons (Fsp3) is 0.417. The Labute approximate surface area is 103 Å². The van der Waals surface area contributed by atoms with Crippen LogP contribution in [-0.2, 0) is 16.0 Å². The first-order valence-corrected chi connectivity index (χ1v) is 5.89. The van der Waals surface area contributed by atoms with Crippen molar-refractivity contribution in [3.05, 3.63) is 34.3 Å². The number of ether oxygens (including phenoxy) is 1. The summed E-state index contributed by atoms with van der Waals surface area (Å²) in [6, 6.07) is 7.52. The molecule has 0 aliphatic rings. The molecule has 0 saturated heterocycles. The van der Waals surface area contributed by atoms with E-state index < -0.39 is 6.17 Å². The summed E-state index contributed by atoms with van der Waals surface area (Å²) < 4.78 is 19.1. The maximum atomic E-state index is 13.4. The molecule has 1 unspecified atom stereocenters. The van der Waals surface area contributed by atoms with Crippen molar-refractivity contribution in [2.24, 2.45) is 0 Å². The maximum absolute atomic E-state index is 13.4. The van der Waals surface area contributed by atoms with E-state index in [9.17, 15) is 9.18 Å². The number of alkyl halides is 1. The van der Waals surface area contributed by atoms with E-state index in [2.05, 4.69) is 20.7 Å². The highest BCUT2D eigenvalue weighted by atomic mass is 79.9. The first kappa shape index (κ1) is 13.2. The monoisotopic (exact) mass is 288 g/mol. The predicted molar refractivity (Wildman–Crippen MR) is 64.0 cm³/mol. The van der Waals surface area contributed by atoms with Crippen molar-refractivity contribution in [3.63, 3.8) is 0 Å². The van der Waals surface area contributed by atoms with Gasteiger partial charge in [-0.25, -0.2) is 4.39 Å². The standard InChI is InChI=1S/C12H14BrFO2/c1-9(15)16-7-6-12(14)8-10-2-4-11(13)5-3-10/h2-5,12H,6-8H2,1H3. The number of hydrogen-bond donors (Lipinski definition) is 0. The summed E-state index contributed by atoms with van der Waals surface area (Å²) >= 11 is 3.32. The predicted octanol–water partition coefficient (Wildman–Crippen LogP) is 3.28. The Balaban J connectivity index is 2.31. The van der Waals surface area contributed by atoms with Crippen LogP contribution in [0.2, 0.25) is 0 Å². The van der Waals surface area contributed by atoms with Crippen LogP contribution in [-0.4, -0.2) is 18.7 Å². The Kier molecular flexibility index (Phi) is 5.46. The summed E-state index contributed by atoms with van der Waals surface area (Å²) in [4.78, 5) is 10.5. The highest BCUT2D eigenvalue weighted by Crippen LogP contribution is 2.14. The molecule has 1 aromatic carbocycles. The van der Waals surface area contributed by atoms with E-state index in [0.29, 0.717) is 6.42 Å². The van der Waals surface area contributed by atoms with Crippen LogP contribution >= 0.6 is 15.9 Å². The highest BCUT2D eigenvalue weighted by Gasteiger charge is 2.08. The number of benzene rings is 1. The zero-order valence-electron chi connectivity index (χ0n) is 9.08. The molecule has 0 heterocycles. The van der Waals surface area contributed by atoms with Gasteiger partial charge in [-0.2, -0.15) is 0 Å². The molecule has 0 radical (unpaired) electrons. The Bertz CT molecular complexity index is 337. The molecule has 0 spiro atoms. The van der Waals surface area contributed by atoms with Crippen LogP contribution in [0.25, 0.3) is 0 Å². The number of halogens is 2. The quantitative estimate of drug-likeness (QED) is 0.778. The average Bonchev–Trinajstić information content (AvgIpc) is 2.21. The van der Waals surface area contributed by atoms with E-state index in [4.69, 9.17) is 0 Å². The molecule has 0 saturated carbocycles. The van der Waals surface area contributed by atoms with Gasteiger partial charge in [-0.1, -0.05) is 28.1 Å². The second-order valence-corrected chi connectivity index (χ2v) is 4.47. The van der Waals surface area contributed by atoms with E-state index >= 15 is 0 Å². The van der Waals surface area contributed by atoms with Crippen LogP contribution in [0, 0.1) is 0 Å². The highest BCUT2D eigenvalue weighted by molar-refractivity contribution is 9.10. The maximum Gasteiger partial charge on any atom is 0.302 e. The summed E-state index contributed by atoms with van der Waals surface area (Å²) in [5, 5.41) is 0. The van der Waals surface area contributed by atoms with Crippen molar-refractivity contribution in [3.8, 4) is 0 Å². The topological polar surface area (TPSA) is 26.3 Å². The molecule has 0 aromatic heterocycles. The van der Waals surface area contributed by atoms with E-state index in [0.717, 1.165) is 10.0 Å². The first-order chi connectivity index (χ1) is 7.58. The SMILES string of the molecule is CC(=O)OCCC(F)Cc1ccc(Br)cc1. The molecule has 0 fully saturated rings. The summed E-state index contributed by atoms with van der Waals surface area (Å²) in [7, 11) is 0. The fourth-order valence-corrected chi connectivity index (χ4v) is 1.57. The van der Waals surface area contributed by atoms with Gasteiger partial charge in [0.05, 0.1) is 6.61 Å². The lowest BCUT2D eigenvalue weighted by molar-refractivity contribution is -0.141. The third-order valence-electron chi connectivity index (χ3n) is 2.11. The van der Waals surface area contributed by atoms with Crippen molar-refractivity contribution >= 4 is 21.9 Å². The van der Waals surface area contributed by atoms with Gasteiger partial charge in [0.1, 0.15) is 6.17 Å². The Morgan fingerprint density at radius 1 is 1.44 bits per heavy atom. The summed E-state index contributed by atoms with van der Waals surface area (Å²) in [5.74, 6) is -0.365. The second kappa shape index (κ2) is 6.63. The van der Waals surface area contributed by atoms with E-state index in [1.807, 2.05) is 24.3 Å². The van der Waals surface area contributed by atoms with Gasteiger partial charge in [-0.15, -0.1) is 0 Å². The smallest absolute Gasteiger partial charge is 0.302 e. The lowest BCUT2D eigenvalue weighted by Crippen LogP contribution is -2.10. The molecule has 0 N–H and O–H groups in total. The van der Waals surface area contributed by atoms with Crippen molar-refractivity contribution in [1.82, 2.24) is 0 Å². The molecule has 0 bridgehead atoms. The molecule has 0 amide bonds. The van der Waals surface area contributed by atoms with Crippen molar-refractivity contribution in [1.29, 1.82) is 0 Å². The van der Waals surface area contributed by atoms with E-state index in [1.165, 1.54) is 6.92 Å². The van der Waals surface area contributed by atoms with Crippen molar-refractivity contribution < 1.29 is 13.9 Å². The van der Waals surface area contributed by atoms with Crippen molar-refractivity contribution in [2.75, 3.05) is 6.61 Å². The molecule has 2 nitrogen and oxygen atoms in total. The van der Waals surface area contributed by atoms with Crippen LogP contribution in [0.3, 0.4) is 0 Å². The minimum Gasteiger partial charge on any atom is -0.466 e. The van der Waals surface area contributed by atoms with Gasteiger partial charge in [0.25, 0.3) is 0 Å². The molecular weight excluding hydrogens is 275 g/mol. The molecular formula is C12H14BrFO2. The van der Waals surface area contributed by atoms with Gasteiger partial charge >= 0.3 is 5.97 Å². The zero-order valence-corrected chi connectivity index (χ0v) is 10.7. The molecule has 88 valence electrons. The molecule has 1 atom stereocenters. The molecule has 1 aromatic rings. The van der Waals surface area contributed by atoms with Gasteiger partial charge < -0.3 is 4.74 Å².